The topological polar surface area (TPSA) is 71.8 Å². The van der Waals surface area contributed by atoms with E-state index >= 15 is 0 Å². The van der Waals surface area contributed by atoms with E-state index in [2.05, 4.69) is 9.97 Å². The Kier molecular flexibility index (Phi) is 3.85. The highest BCUT2D eigenvalue weighted by atomic mass is 35.5. The number of H-pyrrole nitrogens is 1. The van der Waals surface area contributed by atoms with Gasteiger partial charge in [0.2, 0.25) is 5.82 Å². The number of aromatic nitrogens is 2. The maximum Gasteiger partial charge on any atom is 0.287 e. The summed E-state index contributed by atoms with van der Waals surface area (Å²) in [5.41, 5.74) is 4.49. The number of nitrogens with one attached hydrogen (secondary N) is 1. The molecule has 0 saturated carbocycles. The van der Waals surface area contributed by atoms with Gasteiger partial charge in [-0.05, 0) is 6.92 Å². The van der Waals surface area contributed by atoms with Crippen molar-refractivity contribution in [1.82, 2.24) is 9.97 Å². The molecule has 0 aromatic carbocycles. The van der Waals surface area contributed by atoms with Crippen LogP contribution in [0.5, 0.6) is 0 Å². The van der Waals surface area contributed by atoms with Crippen LogP contribution in [0.3, 0.4) is 0 Å². The van der Waals surface area contributed by atoms with E-state index in [0.717, 1.165) is 0 Å². The molecule has 6 heteroatoms. The normalized spacial score (nSPS) is 9.25. The van der Waals surface area contributed by atoms with Crippen LogP contribution in [0.2, 0.25) is 0 Å². The van der Waals surface area contributed by atoms with E-state index in [1.807, 2.05) is 0 Å². The summed E-state index contributed by atoms with van der Waals surface area (Å²) in [7, 11) is 0. The van der Waals surface area contributed by atoms with E-state index in [1.54, 1.807) is 0 Å². The highest BCUT2D eigenvalue weighted by Gasteiger charge is 2.04. The Morgan fingerprint density at radius 2 is 2.25 bits per heavy atom. The minimum Gasteiger partial charge on any atom is -0.324 e. The minimum atomic E-state index is -0.845. The molecule has 0 bridgehead atoms. The smallest absolute Gasteiger partial charge is 0.287 e. The van der Waals surface area contributed by atoms with Crippen LogP contribution in [0.15, 0.2) is 4.79 Å². The zero-order valence-corrected chi connectivity index (χ0v) is 7.24. The Balaban J connectivity index is 0.00000121. The standard InChI is InChI=1S/C6H8FN3O.ClH/c1-3-5(7)6(11)10-4(2-8)9-3;/h2,8H2,1H3,(H,9,10,11);1H. The fraction of sp³-hybridized carbons (Fsp3) is 0.333. The number of hydrogen-bond acceptors (Lipinski definition) is 3. The molecule has 12 heavy (non-hydrogen) atoms. The van der Waals surface area contributed by atoms with Gasteiger partial charge in [0, 0.05) is 0 Å². The van der Waals surface area contributed by atoms with Crippen LogP contribution < -0.4 is 11.3 Å². The predicted octanol–water partition coefficient (Wildman–Crippen LogP) is 0.0979. The highest BCUT2D eigenvalue weighted by Crippen LogP contribution is 1.94. The number of rotatable bonds is 1. The van der Waals surface area contributed by atoms with Crippen LogP contribution >= 0.6 is 12.4 Å². The predicted molar refractivity (Wildman–Crippen MR) is 44.7 cm³/mol. The van der Waals surface area contributed by atoms with Crippen molar-refractivity contribution >= 4 is 12.4 Å². The molecule has 0 atom stereocenters. The van der Waals surface area contributed by atoms with Gasteiger partial charge in [0.05, 0.1) is 12.2 Å². The summed E-state index contributed by atoms with van der Waals surface area (Å²) >= 11 is 0. The van der Waals surface area contributed by atoms with Gasteiger partial charge in [0.25, 0.3) is 5.56 Å². The summed E-state index contributed by atoms with van der Waals surface area (Å²) in [6.45, 7) is 1.53. The average molecular weight is 194 g/mol. The summed E-state index contributed by atoms with van der Waals surface area (Å²) in [4.78, 5) is 16.6. The Labute approximate surface area is 74.4 Å². The van der Waals surface area contributed by atoms with Crippen LogP contribution in [0.4, 0.5) is 4.39 Å². The molecule has 1 aromatic heterocycles. The van der Waals surface area contributed by atoms with Gasteiger partial charge in [0.15, 0.2) is 0 Å². The molecule has 0 fully saturated rings. The Morgan fingerprint density at radius 1 is 1.67 bits per heavy atom. The Bertz CT molecular complexity index is 325. The quantitative estimate of drug-likeness (QED) is 0.665. The van der Waals surface area contributed by atoms with Crippen molar-refractivity contribution in [3.05, 3.63) is 27.7 Å². The van der Waals surface area contributed by atoms with E-state index < -0.39 is 11.4 Å². The summed E-state index contributed by atoms with van der Waals surface area (Å²) in [6.07, 6.45) is 0. The molecule has 68 valence electrons. The maximum absolute atomic E-state index is 12.6. The van der Waals surface area contributed by atoms with E-state index in [4.69, 9.17) is 5.73 Å². The van der Waals surface area contributed by atoms with Gasteiger partial charge < -0.3 is 10.7 Å². The second kappa shape index (κ2) is 4.18. The van der Waals surface area contributed by atoms with Crippen LogP contribution in [0.1, 0.15) is 11.5 Å². The van der Waals surface area contributed by atoms with E-state index in [9.17, 15) is 9.18 Å². The van der Waals surface area contributed by atoms with Gasteiger partial charge in [0.1, 0.15) is 5.82 Å². The lowest BCUT2D eigenvalue weighted by molar-refractivity contribution is 0.582. The highest BCUT2D eigenvalue weighted by molar-refractivity contribution is 5.85. The third-order valence-corrected chi connectivity index (χ3v) is 1.27. The van der Waals surface area contributed by atoms with Crippen molar-refractivity contribution in [2.75, 3.05) is 0 Å². The SMILES string of the molecule is Cc1nc(CN)[nH]c(=O)c1F.Cl. The molecule has 1 rings (SSSR count). The summed E-state index contributed by atoms with van der Waals surface area (Å²) in [5, 5.41) is 0. The van der Waals surface area contributed by atoms with Gasteiger partial charge in [-0.1, -0.05) is 0 Å². The Hall–Kier alpha value is -0.940. The summed E-state index contributed by atoms with van der Waals surface area (Å²) < 4.78 is 12.6. The molecule has 0 spiro atoms. The molecular weight excluding hydrogens is 185 g/mol. The molecule has 0 amide bonds. The van der Waals surface area contributed by atoms with Crippen LogP contribution in [-0.4, -0.2) is 9.97 Å². The number of aromatic amines is 1. The van der Waals surface area contributed by atoms with Crippen molar-refractivity contribution in [3.8, 4) is 0 Å². The lowest BCUT2D eigenvalue weighted by atomic mass is 10.4. The molecule has 0 radical (unpaired) electrons. The van der Waals surface area contributed by atoms with Crippen molar-refractivity contribution in [3.63, 3.8) is 0 Å². The lowest BCUT2D eigenvalue weighted by Crippen LogP contribution is -2.19. The summed E-state index contributed by atoms with van der Waals surface area (Å²) in [6, 6.07) is 0. The first-order chi connectivity index (χ1) is 5.15. The number of nitrogens with two attached hydrogens (primary N) is 1. The van der Waals surface area contributed by atoms with Gasteiger partial charge in [-0.2, -0.15) is 4.39 Å². The molecule has 0 aliphatic rings. The molecule has 0 saturated heterocycles. The fourth-order valence-corrected chi connectivity index (χ4v) is 0.726. The number of aryl methyl sites for hydroxylation is 1. The van der Waals surface area contributed by atoms with Crippen LogP contribution in [0, 0.1) is 12.7 Å². The van der Waals surface area contributed by atoms with Gasteiger partial charge >= 0.3 is 0 Å². The monoisotopic (exact) mass is 193 g/mol. The number of nitrogens with zero attached hydrogens (tertiary/aromatic N) is 1. The zero-order valence-electron chi connectivity index (χ0n) is 6.43. The first-order valence-corrected chi connectivity index (χ1v) is 3.10. The minimum absolute atomic E-state index is 0. The maximum atomic E-state index is 12.6. The van der Waals surface area contributed by atoms with Gasteiger partial charge in [-0.3, -0.25) is 4.79 Å². The van der Waals surface area contributed by atoms with E-state index in [-0.39, 0.29) is 24.6 Å². The third-order valence-electron chi connectivity index (χ3n) is 1.27. The number of halogens is 2. The van der Waals surface area contributed by atoms with Crippen LogP contribution in [-0.2, 0) is 6.54 Å². The largest absolute Gasteiger partial charge is 0.324 e. The zero-order chi connectivity index (χ0) is 8.43. The summed E-state index contributed by atoms with van der Waals surface area (Å²) in [5.74, 6) is -0.545. The average Bonchev–Trinajstić information content (AvgIpc) is 1.99. The second-order valence-electron chi connectivity index (χ2n) is 2.12. The molecule has 4 nitrogen and oxygen atoms in total. The van der Waals surface area contributed by atoms with E-state index in [0.29, 0.717) is 5.82 Å². The molecule has 1 heterocycles. The molecular formula is C6H9ClFN3O. The third kappa shape index (κ3) is 2.02. The number of hydrogen-bond donors (Lipinski definition) is 2. The van der Waals surface area contributed by atoms with Gasteiger partial charge in [-0.25, -0.2) is 4.98 Å². The molecule has 3 N–H and O–H groups in total. The molecule has 0 unspecified atom stereocenters. The second-order valence-corrected chi connectivity index (χ2v) is 2.12. The first-order valence-electron chi connectivity index (χ1n) is 3.10. The molecule has 0 aliphatic heterocycles. The van der Waals surface area contributed by atoms with Gasteiger partial charge in [-0.15, -0.1) is 12.4 Å². The molecule has 1 aromatic rings. The van der Waals surface area contributed by atoms with E-state index in [1.165, 1.54) is 6.92 Å². The van der Waals surface area contributed by atoms with Crippen molar-refractivity contribution < 1.29 is 4.39 Å². The fourth-order valence-electron chi connectivity index (χ4n) is 0.726. The first kappa shape index (κ1) is 11.1. The lowest BCUT2D eigenvalue weighted by Gasteiger charge is -1.97. The molecule has 0 aliphatic carbocycles. The Morgan fingerprint density at radius 3 is 2.67 bits per heavy atom. The van der Waals surface area contributed by atoms with Crippen molar-refractivity contribution in [1.29, 1.82) is 0 Å². The van der Waals surface area contributed by atoms with Crippen molar-refractivity contribution in [2.24, 2.45) is 5.73 Å². The van der Waals surface area contributed by atoms with Crippen LogP contribution in [0.25, 0.3) is 0 Å². The van der Waals surface area contributed by atoms with Crippen molar-refractivity contribution in [2.45, 2.75) is 13.5 Å².